The summed E-state index contributed by atoms with van der Waals surface area (Å²) in [5, 5.41) is 10.5. The van der Waals surface area contributed by atoms with Gasteiger partial charge in [-0.25, -0.2) is 9.07 Å². The molecule has 0 radical (unpaired) electrons. The van der Waals surface area contributed by atoms with Crippen LogP contribution in [0.4, 0.5) is 10.3 Å². The van der Waals surface area contributed by atoms with Crippen LogP contribution in [0.1, 0.15) is 29.6 Å². The van der Waals surface area contributed by atoms with Gasteiger partial charge in [-0.15, -0.1) is 0 Å². The van der Waals surface area contributed by atoms with E-state index in [4.69, 9.17) is 11.6 Å². The molecule has 0 aliphatic carbocycles. The molecule has 0 unspecified atom stereocenters. The van der Waals surface area contributed by atoms with Crippen molar-refractivity contribution in [2.45, 2.75) is 18.5 Å². The minimum atomic E-state index is -0.326. The zero-order chi connectivity index (χ0) is 18.4. The molecule has 0 saturated carbocycles. The highest BCUT2D eigenvalue weighted by atomic mass is 35.5. The molecule has 0 amide bonds. The van der Waals surface area contributed by atoms with E-state index in [1.165, 1.54) is 23.2 Å². The van der Waals surface area contributed by atoms with Crippen LogP contribution in [0, 0.1) is 5.82 Å². The zero-order valence-electron chi connectivity index (χ0n) is 14.3. The lowest BCUT2D eigenvalue weighted by Gasteiger charge is -2.32. The van der Waals surface area contributed by atoms with E-state index in [9.17, 15) is 4.39 Å². The van der Waals surface area contributed by atoms with Gasteiger partial charge in [-0.2, -0.15) is 10.1 Å². The van der Waals surface area contributed by atoms with E-state index in [-0.39, 0.29) is 17.9 Å². The van der Waals surface area contributed by atoms with Crippen LogP contribution in [-0.2, 0) is 0 Å². The van der Waals surface area contributed by atoms with Crippen molar-refractivity contribution in [3.63, 3.8) is 0 Å². The van der Waals surface area contributed by atoms with Crippen LogP contribution >= 0.6 is 11.6 Å². The van der Waals surface area contributed by atoms with Crippen molar-refractivity contribution in [1.29, 1.82) is 0 Å². The molecule has 2 heterocycles. The van der Waals surface area contributed by atoms with Crippen molar-refractivity contribution >= 4 is 28.3 Å². The van der Waals surface area contributed by atoms with Gasteiger partial charge < -0.3 is 5.32 Å². The van der Waals surface area contributed by atoms with Gasteiger partial charge in [0.15, 0.2) is 0 Å². The first-order valence-electron chi connectivity index (χ1n) is 8.79. The van der Waals surface area contributed by atoms with Gasteiger partial charge in [0.05, 0.1) is 12.1 Å². The largest absolute Gasteiger partial charge is 0.348 e. The molecule has 4 aromatic rings. The summed E-state index contributed by atoms with van der Waals surface area (Å²) in [6.07, 6.45) is 2.10. The molecular formula is C21H16ClFN4. The van der Waals surface area contributed by atoms with Gasteiger partial charge in [0.1, 0.15) is 12.1 Å². The van der Waals surface area contributed by atoms with Gasteiger partial charge in [-0.1, -0.05) is 54.1 Å². The number of fused-ring (bicyclic) bond motifs is 2. The standard InChI is InChI=1S/C21H16ClFN4/c22-16-6-3-7-17(23)20(16)19-11-18(26-21-24-12-25-27(19)21)15-9-8-13-4-1-2-5-14(13)10-15/h1-10,12,18-19H,11H2,(H,24,25,26)/t18-,19+/m1/s1. The summed E-state index contributed by atoms with van der Waals surface area (Å²) >= 11 is 6.35. The molecule has 0 saturated heterocycles. The molecule has 0 spiro atoms. The van der Waals surface area contributed by atoms with E-state index in [1.54, 1.807) is 16.8 Å². The molecule has 1 aromatic heterocycles. The Kier molecular flexibility index (Phi) is 3.83. The number of benzene rings is 3. The molecule has 4 nitrogen and oxygen atoms in total. The fourth-order valence-corrected chi connectivity index (χ4v) is 4.12. The third-order valence-corrected chi connectivity index (χ3v) is 5.47. The van der Waals surface area contributed by atoms with Crippen molar-refractivity contribution < 1.29 is 4.39 Å². The van der Waals surface area contributed by atoms with Crippen LogP contribution in [-0.4, -0.2) is 14.8 Å². The average Bonchev–Trinajstić information content (AvgIpc) is 3.16. The first kappa shape index (κ1) is 16.3. The maximum absolute atomic E-state index is 14.6. The number of aromatic nitrogens is 3. The smallest absolute Gasteiger partial charge is 0.222 e. The summed E-state index contributed by atoms with van der Waals surface area (Å²) in [5.41, 5.74) is 1.58. The number of rotatable bonds is 2. The van der Waals surface area contributed by atoms with Crippen molar-refractivity contribution in [2.24, 2.45) is 0 Å². The first-order valence-corrected chi connectivity index (χ1v) is 9.17. The Balaban J connectivity index is 1.60. The Hall–Kier alpha value is -2.92. The predicted molar refractivity (Wildman–Crippen MR) is 104 cm³/mol. The quantitative estimate of drug-likeness (QED) is 0.510. The van der Waals surface area contributed by atoms with Crippen LogP contribution in [0.25, 0.3) is 10.8 Å². The molecule has 2 atom stereocenters. The lowest BCUT2D eigenvalue weighted by atomic mass is 9.92. The summed E-state index contributed by atoms with van der Waals surface area (Å²) in [5.74, 6) is 0.289. The maximum atomic E-state index is 14.6. The average molecular weight is 379 g/mol. The Morgan fingerprint density at radius 2 is 1.89 bits per heavy atom. The van der Waals surface area contributed by atoms with Crippen LogP contribution < -0.4 is 5.32 Å². The molecular weight excluding hydrogens is 363 g/mol. The van der Waals surface area contributed by atoms with Crippen LogP contribution in [0.3, 0.4) is 0 Å². The monoisotopic (exact) mass is 378 g/mol. The molecule has 1 aliphatic rings. The van der Waals surface area contributed by atoms with Gasteiger partial charge >= 0.3 is 0 Å². The first-order chi connectivity index (χ1) is 13.2. The van der Waals surface area contributed by atoms with E-state index < -0.39 is 0 Å². The van der Waals surface area contributed by atoms with E-state index in [2.05, 4.69) is 45.7 Å². The van der Waals surface area contributed by atoms with E-state index in [0.29, 0.717) is 23.0 Å². The third kappa shape index (κ3) is 2.75. The van der Waals surface area contributed by atoms with Gasteiger partial charge in [-0.05, 0) is 41.0 Å². The molecule has 0 bridgehead atoms. The molecule has 1 aliphatic heterocycles. The highest BCUT2D eigenvalue weighted by Gasteiger charge is 2.32. The molecule has 3 aromatic carbocycles. The molecule has 5 rings (SSSR count). The van der Waals surface area contributed by atoms with Gasteiger partial charge in [0.25, 0.3) is 0 Å². The highest BCUT2D eigenvalue weighted by Crippen LogP contribution is 2.40. The topological polar surface area (TPSA) is 42.7 Å². The summed E-state index contributed by atoms with van der Waals surface area (Å²) in [4.78, 5) is 4.31. The molecule has 1 N–H and O–H groups in total. The fourth-order valence-electron chi connectivity index (χ4n) is 3.83. The lowest BCUT2D eigenvalue weighted by molar-refractivity contribution is 0.416. The molecule has 27 heavy (non-hydrogen) atoms. The lowest BCUT2D eigenvalue weighted by Crippen LogP contribution is -2.28. The zero-order valence-corrected chi connectivity index (χ0v) is 15.1. The Labute approximate surface area is 160 Å². The van der Waals surface area contributed by atoms with Crippen LogP contribution in [0.15, 0.2) is 67.0 Å². The second-order valence-corrected chi connectivity index (χ2v) is 7.13. The minimum Gasteiger partial charge on any atom is -0.348 e. The summed E-state index contributed by atoms with van der Waals surface area (Å²) in [7, 11) is 0. The second kappa shape index (κ2) is 6.35. The van der Waals surface area contributed by atoms with Crippen LogP contribution in [0.2, 0.25) is 5.02 Å². The minimum absolute atomic E-state index is 0.0213. The van der Waals surface area contributed by atoms with Crippen molar-refractivity contribution in [3.05, 3.63) is 89.0 Å². The number of nitrogens with one attached hydrogen (secondary N) is 1. The number of halogens is 2. The molecule has 6 heteroatoms. The van der Waals surface area contributed by atoms with E-state index in [0.717, 1.165) is 5.56 Å². The normalized spacial score (nSPS) is 18.9. The summed E-state index contributed by atoms with van der Waals surface area (Å²) < 4.78 is 16.3. The van der Waals surface area contributed by atoms with E-state index in [1.807, 2.05) is 12.1 Å². The third-order valence-electron chi connectivity index (χ3n) is 5.14. The SMILES string of the molecule is Fc1cccc(Cl)c1[C@@H]1C[C@H](c2ccc3ccccc3c2)Nc2ncnn21. The van der Waals surface area contributed by atoms with Gasteiger partial charge in [0.2, 0.25) is 5.95 Å². The van der Waals surface area contributed by atoms with Gasteiger partial charge in [0, 0.05) is 10.6 Å². The van der Waals surface area contributed by atoms with Gasteiger partial charge in [-0.3, -0.25) is 0 Å². The van der Waals surface area contributed by atoms with Crippen LogP contribution in [0.5, 0.6) is 0 Å². The fraction of sp³-hybridized carbons (Fsp3) is 0.143. The van der Waals surface area contributed by atoms with Crippen molar-refractivity contribution in [2.75, 3.05) is 5.32 Å². The summed E-state index contributed by atoms with van der Waals surface area (Å²) in [6.45, 7) is 0. The van der Waals surface area contributed by atoms with Crippen molar-refractivity contribution in [1.82, 2.24) is 14.8 Å². The van der Waals surface area contributed by atoms with Crippen molar-refractivity contribution in [3.8, 4) is 0 Å². The number of anilines is 1. The Morgan fingerprint density at radius 1 is 1.04 bits per heavy atom. The summed E-state index contributed by atoms with van der Waals surface area (Å²) in [6, 6.07) is 19.0. The Morgan fingerprint density at radius 3 is 2.74 bits per heavy atom. The number of hydrogen-bond donors (Lipinski definition) is 1. The number of hydrogen-bond acceptors (Lipinski definition) is 3. The second-order valence-electron chi connectivity index (χ2n) is 6.72. The predicted octanol–water partition coefficient (Wildman–Crippen LogP) is 5.37. The highest BCUT2D eigenvalue weighted by molar-refractivity contribution is 6.31. The number of nitrogens with zero attached hydrogens (tertiary/aromatic N) is 3. The molecule has 0 fully saturated rings. The Bertz CT molecular complexity index is 1120. The maximum Gasteiger partial charge on any atom is 0.222 e. The van der Waals surface area contributed by atoms with E-state index >= 15 is 0 Å². The molecule has 134 valence electrons.